The fraction of sp³-hybridized carbons (Fsp3) is 0.143. The summed E-state index contributed by atoms with van der Waals surface area (Å²) in [6.45, 7) is 0. The van der Waals surface area contributed by atoms with Gasteiger partial charge in [-0.05, 0) is 36.4 Å². The quantitative estimate of drug-likeness (QED) is 0.846. The smallest absolute Gasteiger partial charge is 0.175 e. The van der Waals surface area contributed by atoms with Gasteiger partial charge in [-0.1, -0.05) is 0 Å². The Bertz CT molecular complexity index is 710. The van der Waals surface area contributed by atoms with Gasteiger partial charge in [0.15, 0.2) is 9.84 Å². The monoisotopic (exact) mass is 292 g/mol. The van der Waals surface area contributed by atoms with E-state index < -0.39 is 9.84 Å². The van der Waals surface area contributed by atoms with E-state index in [1.54, 1.807) is 49.6 Å². The number of nitrogen functional groups attached to an aromatic ring is 1. The van der Waals surface area contributed by atoms with Gasteiger partial charge in [0.25, 0.3) is 0 Å². The van der Waals surface area contributed by atoms with Gasteiger partial charge < -0.3 is 15.8 Å². The Morgan fingerprint density at radius 3 is 2.25 bits per heavy atom. The van der Waals surface area contributed by atoms with Crippen LogP contribution in [0.5, 0.6) is 5.75 Å². The standard InChI is InChI=1S/C14H16N2O3S/c1-19-11-5-8-14(13(15)9-11)16-10-3-6-12(7-4-10)20(2,17)18/h3-9,16H,15H2,1-2H3. The molecule has 0 saturated carbocycles. The third kappa shape index (κ3) is 3.21. The fourth-order valence-electron chi connectivity index (χ4n) is 1.72. The van der Waals surface area contributed by atoms with Crippen LogP contribution in [0.4, 0.5) is 17.1 Å². The van der Waals surface area contributed by atoms with E-state index in [0.29, 0.717) is 11.4 Å². The summed E-state index contributed by atoms with van der Waals surface area (Å²) in [5.41, 5.74) is 7.95. The number of ether oxygens (including phenoxy) is 1. The van der Waals surface area contributed by atoms with E-state index in [-0.39, 0.29) is 4.90 Å². The molecule has 106 valence electrons. The number of nitrogens with one attached hydrogen (secondary N) is 1. The molecule has 0 aliphatic carbocycles. The first-order chi connectivity index (χ1) is 9.40. The molecule has 0 aliphatic heterocycles. The molecule has 2 aromatic carbocycles. The molecular weight excluding hydrogens is 276 g/mol. The third-order valence-corrected chi connectivity index (χ3v) is 3.95. The second kappa shape index (κ2) is 5.42. The van der Waals surface area contributed by atoms with Gasteiger partial charge in [0.2, 0.25) is 0 Å². The Morgan fingerprint density at radius 2 is 1.75 bits per heavy atom. The number of hydrogen-bond donors (Lipinski definition) is 2. The highest BCUT2D eigenvalue weighted by molar-refractivity contribution is 7.90. The van der Waals surface area contributed by atoms with E-state index in [0.717, 1.165) is 11.4 Å². The van der Waals surface area contributed by atoms with Crippen LogP contribution in [-0.4, -0.2) is 21.8 Å². The SMILES string of the molecule is COc1ccc(Nc2ccc(S(C)(=O)=O)cc2)c(N)c1. The summed E-state index contributed by atoms with van der Waals surface area (Å²) in [5.74, 6) is 0.681. The Hall–Kier alpha value is -2.21. The van der Waals surface area contributed by atoms with Gasteiger partial charge in [0, 0.05) is 18.0 Å². The van der Waals surface area contributed by atoms with Crippen LogP contribution >= 0.6 is 0 Å². The van der Waals surface area contributed by atoms with Crippen LogP contribution in [0.2, 0.25) is 0 Å². The van der Waals surface area contributed by atoms with Crippen molar-refractivity contribution in [2.45, 2.75) is 4.90 Å². The number of anilines is 3. The topological polar surface area (TPSA) is 81.4 Å². The van der Waals surface area contributed by atoms with Crippen LogP contribution in [0.25, 0.3) is 0 Å². The average Bonchev–Trinajstić information content (AvgIpc) is 2.40. The number of benzene rings is 2. The van der Waals surface area contributed by atoms with Crippen LogP contribution in [0.3, 0.4) is 0 Å². The summed E-state index contributed by atoms with van der Waals surface area (Å²) in [6, 6.07) is 11.8. The molecule has 2 aromatic rings. The molecule has 0 aromatic heterocycles. The molecule has 20 heavy (non-hydrogen) atoms. The maximum atomic E-state index is 11.4. The molecule has 0 saturated heterocycles. The molecule has 0 spiro atoms. The first-order valence-corrected chi connectivity index (χ1v) is 7.80. The predicted molar refractivity (Wildman–Crippen MR) is 80.2 cm³/mol. The first-order valence-electron chi connectivity index (χ1n) is 5.91. The minimum Gasteiger partial charge on any atom is -0.497 e. The second-order valence-electron chi connectivity index (χ2n) is 4.37. The van der Waals surface area contributed by atoms with Gasteiger partial charge >= 0.3 is 0 Å². The van der Waals surface area contributed by atoms with E-state index in [1.807, 2.05) is 0 Å². The van der Waals surface area contributed by atoms with E-state index in [1.165, 1.54) is 6.26 Å². The first kappa shape index (κ1) is 14.2. The molecule has 0 fully saturated rings. The van der Waals surface area contributed by atoms with Crippen LogP contribution in [0.1, 0.15) is 0 Å². The van der Waals surface area contributed by atoms with Gasteiger partial charge in [-0.2, -0.15) is 0 Å². The summed E-state index contributed by atoms with van der Waals surface area (Å²) >= 11 is 0. The molecule has 0 aliphatic rings. The highest BCUT2D eigenvalue weighted by atomic mass is 32.2. The number of rotatable bonds is 4. The Kier molecular flexibility index (Phi) is 3.85. The van der Waals surface area contributed by atoms with Gasteiger partial charge in [0.1, 0.15) is 5.75 Å². The van der Waals surface area contributed by atoms with Crippen molar-refractivity contribution in [3.63, 3.8) is 0 Å². The lowest BCUT2D eigenvalue weighted by atomic mass is 10.2. The Labute approximate surface area is 118 Å². The van der Waals surface area contributed by atoms with Crippen molar-refractivity contribution in [3.8, 4) is 5.75 Å². The zero-order valence-corrected chi connectivity index (χ0v) is 12.1. The molecule has 0 heterocycles. The molecule has 6 heteroatoms. The van der Waals surface area contributed by atoms with E-state index >= 15 is 0 Å². The summed E-state index contributed by atoms with van der Waals surface area (Å²) in [6.07, 6.45) is 1.18. The molecule has 3 N–H and O–H groups in total. The van der Waals surface area contributed by atoms with Crippen molar-refractivity contribution in [3.05, 3.63) is 42.5 Å². The zero-order valence-electron chi connectivity index (χ0n) is 11.3. The highest BCUT2D eigenvalue weighted by Gasteiger charge is 2.07. The number of hydrogen-bond acceptors (Lipinski definition) is 5. The zero-order chi connectivity index (χ0) is 14.8. The van der Waals surface area contributed by atoms with Crippen LogP contribution in [0.15, 0.2) is 47.4 Å². The van der Waals surface area contributed by atoms with Crippen LogP contribution < -0.4 is 15.8 Å². The summed E-state index contributed by atoms with van der Waals surface area (Å²) in [4.78, 5) is 0.283. The summed E-state index contributed by atoms with van der Waals surface area (Å²) in [7, 11) is -1.60. The number of nitrogens with two attached hydrogens (primary N) is 1. The maximum Gasteiger partial charge on any atom is 0.175 e. The van der Waals surface area contributed by atoms with Crippen molar-refractivity contribution < 1.29 is 13.2 Å². The van der Waals surface area contributed by atoms with Crippen LogP contribution in [0, 0.1) is 0 Å². The van der Waals surface area contributed by atoms with Gasteiger partial charge in [-0.3, -0.25) is 0 Å². The van der Waals surface area contributed by atoms with Crippen LogP contribution in [-0.2, 0) is 9.84 Å². The lowest BCUT2D eigenvalue weighted by molar-refractivity contribution is 0.415. The number of methoxy groups -OCH3 is 1. The predicted octanol–water partition coefficient (Wildman–Crippen LogP) is 2.42. The molecule has 0 unspecified atom stereocenters. The largest absolute Gasteiger partial charge is 0.497 e. The van der Waals surface area contributed by atoms with E-state index in [4.69, 9.17) is 10.5 Å². The molecule has 0 bridgehead atoms. The lowest BCUT2D eigenvalue weighted by Gasteiger charge is -2.11. The van der Waals surface area contributed by atoms with Gasteiger partial charge in [-0.15, -0.1) is 0 Å². The average molecular weight is 292 g/mol. The second-order valence-corrected chi connectivity index (χ2v) is 6.39. The molecular formula is C14H16N2O3S. The van der Waals surface area contributed by atoms with E-state index in [2.05, 4.69) is 5.32 Å². The maximum absolute atomic E-state index is 11.4. The molecule has 0 amide bonds. The molecule has 2 rings (SSSR count). The van der Waals surface area contributed by atoms with Crippen molar-refractivity contribution in [1.82, 2.24) is 0 Å². The Morgan fingerprint density at radius 1 is 1.10 bits per heavy atom. The Balaban J connectivity index is 2.22. The minimum absolute atomic E-state index is 0.283. The van der Waals surface area contributed by atoms with Crippen molar-refractivity contribution in [2.24, 2.45) is 0 Å². The summed E-state index contributed by atoms with van der Waals surface area (Å²) < 4.78 is 27.8. The van der Waals surface area contributed by atoms with E-state index in [9.17, 15) is 8.42 Å². The summed E-state index contributed by atoms with van der Waals surface area (Å²) in [5, 5.41) is 3.13. The van der Waals surface area contributed by atoms with Gasteiger partial charge in [-0.25, -0.2) is 8.42 Å². The van der Waals surface area contributed by atoms with Crippen molar-refractivity contribution >= 4 is 26.9 Å². The lowest BCUT2D eigenvalue weighted by Crippen LogP contribution is -1.99. The highest BCUT2D eigenvalue weighted by Crippen LogP contribution is 2.27. The minimum atomic E-state index is -3.18. The fourth-order valence-corrected chi connectivity index (χ4v) is 2.35. The number of sulfone groups is 1. The third-order valence-electron chi connectivity index (χ3n) is 2.82. The van der Waals surface area contributed by atoms with Gasteiger partial charge in [0.05, 0.1) is 23.4 Å². The van der Waals surface area contributed by atoms with Crippen molar-refractivity contribution in [1.29, 1.82) is 0 Å². The van der Waals surface area contributed by atoms with Crippen molar-refractivity contribution in [2.75, 3.05) is 24.4 Å². The molecule has 0 radical (unpaired) electrons. The molecule has 5 nitrogen and oxygen atoms in total. The molecule has 0 atom stereocenters. The normalized spacial score (nSPS) is 11.1.